The van der Waals surface area contributed by atoms with E-state index in [9.17, 15) is 9.59 Å². The standard InChI is InChI=1S/C31H33N7O2/c1-32-29(39)23-16-25-26(17-23)38(28(35-25)22-11-8-19-5-2-3-6-21(19)15-22)27-12-13-33-31(36-27)34-24-7-4-14-37(18-24)30(40)20-9-10-20/h2-3,5-6,8,11-13,15,20,23-24H,4,7,9-10,14,16-18H2,1H3,(H,32,39)(H,33,34,36)/t23?,24-/m1/s1. The third-order valence-corrected chi connectivity index (χ3v) is 8.42. The van der Waals surface area contributed by atoms with E-state index in [1.165, 1.54) is 5.39 Å². The number of amides is 2. The highest BCUT2D eigenvalue weighted by atomic mass is 16.2. The van der Waals surface area contributed by atoms with Gasteiger partial charge in [0.2, 0.25) is 17.8 Å². The quantitative estimate of drug-likeness (QED) is 0.390. The Bertz CT molecular complexity index is 1610. The molecule has 9 heteroatoms. The second-order valence-corrected chi connectivity index (χ2v) is 11.2. The number of hydrogen-bond acceptors (Lipinski definition) is 6. The van der Waals surface area contributed by atoms with Crippen molar-refractivity contribution in [3.8, 4) is 17.2 Å². The van der Waals surface area contributed by atoms with Crippen LogP contribution in [0.3, 0.4) is 0 Å². The number of nitrogens with zero attached hydrogens (tertiary/aromatic N) is 5. The summed E-state index contributed by atoms with van der Waals surface area (Å²) in [5.74, 6) is 2.48. The first-order valence-electron chi connectivity index (χ1n) is 14.3. The number of rotatable bonds is 6. The molecule has 3 aliphatic rings. The molecule has 2 aliphatic carbocycles. The SMILES string of the molecule is CNC(=O)C1Cc2nc(-c3ccc4ccccc4c3)n(-c3ccnc(N[C@@H]4CCCN(C(=O)C5CC5)C4)n3)c2C1. The van der Waals surface area contributed by atoms with Crippen LogP contribution < -0.4 is 10.6 Å². The van der Waals surface area contributed by atoms with Crippen molar-refractivity contribution in [1.29, 1.82) is 0 Å². The Balaban J connectivity index is 1.23. The average molecular weight is 536 g/mol. The van der Waals surface area contributed by atoms with Crippen molar-refractivity contribution in [2.75, 3.05) is 25.5 Å². The summed E-state index contributed by atoms with van der Waals surface area (Å²) in [5.41, 5.74) is 2.95. The summed E-state index contributed by atoms with van der Waals surface area (Å²) >= 11 is 0. The lowest BCUT2D eigenvalue weighted by molar-refractivity contribution is -0.133. The maximum absolute atomic E-state index is 12.7. The molecule has 4 aromatic rings. The van der Waals surface area contributed by atoms with Crippen LogP contribution in [0, 0.1) is 11.8 Å². The number of carbonyl (C=O) groups is 2. The summed E-state index contributed by atoms with van der Waals surface area (Å²) < 4.78 is 2.10. The second kappa shape index (κ2) is 10.0. The van der Waals surface area contributed by atoms with Gasteiger partial charge in [0.1, 0.15) is 11.6 Å². The minimum absolute atomic E-state index is 0.0319. The fourth-order valence-electron chi connectivity index (χ4n) is 6.18. The molecule has 2 fully saturated rings. The monoisotopic (exact) mass is 535 g/mol. The molecule has 0 spiro atoms. The number of piperidine rings is 1. The van der Waals surface area contributed by atoms with E-state index in [-0.39, 0.29) is 23.8 Å². The Morgan fingerprint density at radius 1 is 0.950 bits per heavy atom. The van der Waals surface area contributed by atoms with Crippen LogP contribution in [0.25, 0.3) is 28.0 Å². The summed E-state index contributed by atoms with van der Waals surface area (Å²) in [4.78, 5) is 41.7. The van der Waals surface area contributed by atoms with Crippen molar-refractivity contribution in [3.63, 3.8) is 0 Å². The van der Waals surface area contributed by atoms with Crippen LogP contribution in [-0.2, 0) is 22.4 Å². The lowest BCUT2D eigenvalue weighted by Gasteiger charge is -2.33. The van der Waals surface area contributed by atoms with Crippen molar-refractivity contribution in [3.05, 3.63) is 66.1 Å². The Labute approximate surface area is 233 Å². The number of anilines is 1. The van der Waals surface area contributed by atoms with Gasteiger partial charge in [-0.3, -0.25) is 14.2 Å². The van der Waals surface area contributed by atoms with E-state index in [1.54, 1.807) is 13.2 Å². The molecule has 7 rings (SSSR count). The second-order valence-electron chi connectivity index (χ2n) is 11.2. The first-order chi connectivity index (χ1) is 19.6. The summed E-state index contributed by atoms with van der Waals surface area (Å²) in [6, 6.07) is 16.7. The smallest absolute Gasteiger partial charge is 0.225 e. The van der Waals surface area contributed by atoms with Gasteiger partial charge in [0.05, 0.1) is 5.69 Å². The number of aromatic nitrogens is 4. The van der Waals surface area contributed by atoms with Crippen molar-refractivity contribution in [1.82, 2.24) is 29.7 Å². The van der Waals surface area contributed by atoms with Gasteiger partial charge in [-0.2, -0.15) is 4.98 Å². The minimum Gasteiger partial charge on any atom is -0.359 e. The number of fused-ring (bicyclic) bond motifs is 2. The van der Waals surface area contributed by atoms with Crippen LogP contribution in [0.1, 0.15) is 37.1 Å². The summed E-state index contributed by atoms with van der Waals surface area (Å²) in [6.07, 6.45) is 6.95. The third-order valence-electron chi connectivity index (χ3n) is 8.42. The van der Waals surface area contributed by atoms with E-state index in [2.05, 4.69) is 50.5 Å². The van der Waals surface area contributed by atoms with Crippen molar-refractivity contribution >= 4 is 28.5 Å². The molecular formula is C31H33N7O2. The lowest BCUT2D eigenvalue weighted by Crippen LogP contribution is -2.45. The molecular weight excluding hydrogens is 502 g/mol. The lowest BCUT2D eigenvalue weighted by atomic mass is 10.1. The highest BCUT2D eigenvalue weighted by Gasteiger charge is 2.36. The fraction of sp³-hybridized carbons (Fsp3) is 0.387. The normalized spacial score (nSPS) is 20.4. The molecule has 1 saturated heterocycles. The van der Waals surface area contributed by atoms with Crippen molar-refractivity contribution in [2.24, 2.45) is 11.8 Å². The van der Waals surface area contributed by atoms with Gasteiger partial charge < -0.3 is 15.5 Å². The van der Waals surface area contributed by atoms with Crippen LogP contribution in [0.4, 0.5) is 5.95 Å². The number of likely N-dealkylation sites (tertiary alicyclic amines) is 1. The Kier molecular flexibility index (Phi) is 6.21. The van der Waals surface area contributed by atoms with Crippen LogP contribution in [0.2, 0.25) is 0 Å². The van der Waals surface area contributed by atoms with Gasteiger partial charge in [0, 0.05) is 68.3 Å². The van der Waals surface area contributed by atoms with Gasteiger partial charge in [-0.1, -0.05) is 36.4 Å². The zero-order valence-electron chi connectivity index (χ0n) is 22.6. The molecule has 1 aliphatic heterocycles. The van der Waals surface area contributed by atoms with E-state index in [0.29, 0.717) is 37.1 Å². The van der Waals surface area contributed by atoms with Crippen LogP contribution in [-0.4, -0.2) is 62.4 Å². The third kappa shape index (κ3) is 4.59. The maximum Gasteiger partial charge on any atom is 0.225 e. The first kappa shape index (κ1) is 24.7. The van der Waals surface area contributed by atoms with Gasteiger partial charge in [0.25, 0.3) is 0 Å². The van der Waals surface area contributed by atoms with E-state index >= 15 is 0 Å². The fourth-order valence-corrected chi connectivity index (χ4v) is 6.18. The van der Waals surface area contributed by atoms with Gasteiger partial charge in [-0.05, 0) is 48.6 Å². The highest BCUT2D eigenvalue weighted by Crippen LogP contribution is 2.35. The molecule has 2 amide bonds. The predicted octanol–water partition coefficient (Wildman–Crippen LogP) is 3.76. The molecule has 2 N–H and O–H groups in total. The van der Waals surface area contributed by atoms with Gasteiger partial charge in [-0.25, -0.2) is 9.97 Å². The van der Waals surface area contributed by atoms with Crippen LogP contribution in [0.15, 0.2) is 54.7 Å². The number of hydrogen-bond donors (Lipinski definition) is 2. The largest absolute Gasteiger partial charge is 0.359 e. The molecule has 2 aromatic heterocycles. The van der Waals surface area contributed by atoms with Crippen LogP contribution >= 0.6 is 0 Å². The molecule has 40 heavy (non-hydrogen) atoms. The molecule has 0 radical (unpaired) electrons. The minimum atomic E-state index is -0.143. The van der Waals surface area contributed by atoms with Gasteiger partial charge >= 0.3 is 0 Å². The predicted molar refractivity (Wildman–Crippen MR) is 153 cm³/mol. The van der Waals surface area contributed by atoms with E-state index < -0.39 is 0 Å². The molecule has 1 saturated carbocycles. The summed E-state index contributed by atoms with van der Waals surface area (Å²) in [6.45, 7) is 1.51. The van der Waals surface area contributed by atoms with Crippen molar-refractivity contribution < 1.29 is 9.59 Å². The topological polar surface area (TPSA) is 105 Å². The molecule has 2 aromatic carbocycles. The van der Waals surface area contributed by atoms with Gasteiger partial charge in [0.15, 0.2) is 0 Å². The molecule has 204 valence electrons. The zero-order valence-corrected chi connectivity index (χ0v) is 22.6. The highest BCUT2D eigenvalue weighted by molar-refractivity contribution is 5.87. The number of nitrogens with one attached hydrogen (secondary N) is 2. The number of carbonyl (C=O) groups excluding carboxylic acids is 2. The first-order valence-corrected chi connectivity index (χ1v) is 14.3. The number of imidazole rings is 1. The molecule has 9 nitrogen and oxygen atoms in total. The molecule has 2 atom stereocenters. The number of benzene rings is 2. The van der Waals surface area contributed by atoms with Crippen LogP contribution in [0.5, 0.6) is 0 Å². The van der Waals surface area contributed by atoms with Crippen molar-refractivity contribution in [2.45, 2.75) is 44.6 Å². The molecule has 0 bridgehead atoms. The average Bonchev–Trinajstić information content (AvgIpc) is 3.66. The van der Waals surface area contributed by atoms with E-state index in [1.807, 2.05) is 23.1 Å². The summed E-state index contributed by atoms with van der Waals surface area (Å²) in [5, 5.41) is 8.61. The molecule has 3 heterocycles. The zero-order chi connectivity index (χ0) is 27.2. The Hall–Kier alpha value is -4.27. The summed E-state index contributed by atoms with van der Waals surface area (Å²) in [7, 11) is 1.68. The maximum atomic E-state index is 12.7. The Morgan fingerprint density at radius 2 is 1.80 bits per heavy atom. The Morgan fingerprint density at radius 3 is 2.62 bits per heavy atom. The molecule has 1 unspecified atom stereocenters. The van der Waals surface area contributed by atoms with Gasteiger partial charge in [-0.15, -0.1) is 0 Å². The van der Waals surface area contributed by atoms with E-state index in [0.717, 1.165) is 60.4 Å². The van der Waals surface area contributed by atoms with E-state index in [4.69, 9.17) is 9.97 Å².